The van der Waals surface area contributed by atoms with Crippen molar-refractivity contribution in [2.45, 2.75) is 0 Å². The zero-order valence-corrected chi connectivity index (χ0v) is 5.54. The lowest BCUT2D eigenvalue weighted by atomic mass is 9.80. The van der Waals surface area contributed by atoms with Gasteiger partial charge in [0.15, 0.2) is 0 Å². The molecule has 1 N–H and O–H groups in total. The summed E-state index contributed by atoms with van der Waals surface area (Å²) in [6, 6.07) is 8.24. The van der Waals surface area contributed by atoms with Crippen LogP contribution >= 0.6 is 0 Å². The fourth-order valence-corrected chi connectivity index (χ4v) is 1.07. The van der Waals surface area contributed by atoms with Gasteiger partial charge in [-0.05, 0) is 11.0 Å². The van der Waals surface area contributed by atoms with Gasteiger partial charge >= 0.3 is 0 Å². The smallest absolute Gasteiger partial charge is 0.288 e. The minimum Gasteiger partial charge on any atom is -0.351 e. The maximum atomic E-state index is 3.94. The van der Waals surface area contributed by atoms with Crippen LogP contribution in [0.2, 0.25) is 0 Å². The summed E-state index contributed by atoms with van der Waals surface area (Å²) in [5, 5.41) is 6.85. The number of hydrogen-bond donors (Lipinski definition) is 1. The standard InChI is InChI=1S/C7H7BN2/c1-2-4-7-6(3-1)5-9-10-8-7/h1-5,8,10H. The van der Waals surface area contributed by atoms with Crippen LogP contribution in [-0.2, 0) is 0 Å². The second-order valence-electron chi connectivity index (χ2n) is 2.29. The number of hydrogen-bond acceptors (Lipinski definition) is 2. The first-order chi connectivity index (χ1) is 4.97. The fraction of sp³-hybridized carbons (Fsp3) is 0. The largest absolute Gasteiger partial charge is 0.351 e. The molecule has 0 aromatic heterocycles. The number of fused-ring (bicyclic) bond motifs is 1. The Morgan fingerprint density at radius 1 is 1.30 bits per heavy atom. The van der Waals surface area contributed by atoms with Crippen molar-refractivity contribution in [1.82, 2.24) is 5.34 Å². The molecule has 1 aliphatic rings. The lowest BCUT2D eigenvalue weighted by Gasteiger charge is -2.07. The van der Waals surface area contributed by atoms with Crippen LogP contribution in [0, 0.1) is 0 Å². The van der Waals surface area contributed by atoms with E-state index in [2.05, 4.69) is 22.6 Å². The monoisotopic (exact) mass is 130 g/mol. The molecule has 0 amide bonds. The average Bonchev–Trinajstić information content (AvgIpc) is 2.05. The van der Waals surface area contributed by atoms with Crippen molar-refractivity contribution in [2.75, 3.05) is 0 Å². The van der Waals surface area contributed by atoms with Crippen LogP contribution in [0.15, 0.2) is 29.4 Å². The van der Waals surface area contributed by atoms with Crippen molar-refractivity contribution in [3.8, 4) is 0 Å². The topological polar surface area (TPSA) is 24.4 Å². The Morgan fingerprint density at radius 3 is 3.10 bits per heavy atom. The van der Waals surface area contributed by atoms with Crippen LogP contribution < -0.4 is 10.8 Å². The van der Waals surface area contributed by atoms with E-state index in [9.17, 15) is 0 Å². The zero-order valence-electron chi connectivity index (χ0n) is 5.54. The second kappa shape index (κ2) is 2.18. The van der Waals surface area contributed by atoms with Gasteiger partial charge in [0, 0.05) is 0 Å². The van der Waals surface area contributed by atoms with Gasteiger partial charge in [0.25, 0.3) is 7.41 Å². The van der Waals surface area contributed by atoms with Crippen LogP contribution in [0.1, 0.15) is 5.56 Å². The zero-order chi connectivity index (χ0) is 6.81. The summed E-state index contributed by atoms with van der Waals surface area (Å²) < 4.78 is 0. The Balaban J connectivity index is 2.54. The van der Waals surface area contributed by atoms with Gasteiger partial charge in [-0.1, -0.05) is 24.3 Å². The van der Waals surface area contributed by atoms with Crippen LogP contribution in [0.3, 0.4) is 0 Å². The highest BCUT2D eigenvalue weighted by molar-refractivity contribution is 6.53. The molecule has 0 unspecified atom stereocenters. The lowest BCUT2D eigenvalue weighted by Crippen LogP contribution is -2.33. The predicted octanol–water partition coefficient (Wildman–Crippen LogP) is -0.400. The minimum absolute atomic E-state index is 0.854. The van der Waals surface area contributed by atoms with Crippen molar-refractivity contribution in [3.05, 3.63) is 29.8 Å². The molecular weight excluding hydrogens is 123 g/mol. The van der Waals surface area contributed by atoms with E-state index in [-0.39, 0.29) is 0 Å². The van der Waals surface area contributed by atoms with Crippen LogP contribution in [0.4, 0.5) is 0 Å². The van der Waals surface area contributed by atoms with E-state index < -0.39 is 0 Å². The van der Waals surface area contributed by atoms with Gasteiger partial charge in [0.1, 0.15) is 0 Å². The third-order valence-electron chi connectivity index (χ3n) is 1.62. The van der Waals surface area contributed by atoms with Crippen LogP contribution in [-0.4, -0.2) is 13.6 Å². The van der Waals surface area contributed by atoms with Crippen LogP contribution in [0.25, 0.3) is 0 Å². The van der Waals surface area contributed by atoms with E-state index in [1.807, 2.05) is 18.3 Å². The molecule has 2 rings (SSSR count). The molecule has 0 radical (unpaired) electrons. The third kappa shape index (κ3) is 0.797. The summed E-state index contributed by atoms with van der Waals surface area (Å²) in [5.41, 5.74) is 2.54. The normalized spacial score (nSPS) is 13.2. The van der Waals surface area contributed by atoms with E-state index in [4.69, 9.17) is 0 Å². The first-order valence-electron chi connectivity index (χ1n) is 3.30. The van der Waals surface area contributed by atoms with E-state index in [0.29, 0.717) is 0 Å². The Hall–Kier alpha value is -1.25. The van der Waals surface area contributed by atoms with Gasteiger partial charge in [-0.25, -0.2) is 5.10 Å². The molecule has 3 heteroatoms. The molecule has 0 spiro atoms. The summed E-state index contributed by atoms with van der Waals surface area (Å²) in [6.07, 6.45) is 1.85. The first kappa shape index (κ1) is 5.53. The lowest BCUT2D eigenvalue weighted by molar-refractivity contribution is 1.08. The maximum Gasteiger partial charge on any atom is 0.288 e. The van der Waals surface area contributed by atoms with Crippen LogP contribution in [0.5, 0.6) is 0 Å². The van der Waals surface area contributed by atoms with Crippen molar-refractivity contribution in [3.63, 3.8) is 0 Å². The van der Waals surface area contributed by atoms with Gasteiger partial charge in [-0.15, -0.1) is 0 Å². The molecule has 0 atom stereocenters. The number of nitrogens with zero attached hydrogens (tertiary/aromatic N) is 1. The average molecular weight is 130 g/mol. The molecule has 1 aromatic rings. The molecule has 10 heavy (non-hydrogen) atoms. The summed E-state index contributed by atoms with van der Waals surface area (Å²) >= 11 is 0. The predicted molar refractivity (Wildman–Crippen MR) is 44.0 cm³/mol. The Kier molecular flexibility index (Phi) is 1.20. The molecule has 48 valence electrons. The quantitative estimate of drug-likeness (QED) is 0.474. The van der Waals surface area contributed by atoms with Crippen molar-refractivity contribution in [1.29, 1.82) is 0 Å². The SMILES string of the molecule is B1NN=Cc2ccccc21. The van der Waals surface area contributed by atoms with Crippen molar-refractivity contribution in [2.24, 2.45) is 5.10 Å². The highest BCUT2D eigenvalue weighted by atomic mass is 15.2. The van der Waals surface area contributed by atoms with Gasteiger partial charge in [0.2, 0.25) is 0 Å². The summed E-state index contributed by atoms with van der Waals surface area (Å²) in [5.74, 6) is 0. The summed E-state index contributed by atoms with van der Waals surface area (Å²) in [4.78, 5) is 0. The Labute approximate surface area is 60.2 Å². The van der Waals surface area contributed by atoms with Crippen molar-refractivity contribution < 1.29 is 0 Å². The molecule has 1 heterocycles. The summed E-state index contributed by atoms with van der Waals surface area (Å²) in [7, 11) is 0.854. The summed E-state index contributed by atoms with van der Waals surface area (Å²) in [6.45, 7) is 0. The number of hydrazone groups is 1. The molecule has 0 saturated heterocycles. The first-order valence-corrected chi connectivity index (χ1v) is 3.30. The number of benzene rings is 1. The highest BCUT2D eigenvalue weighted by Crippen LogP contribution is 1.92. The molecule has 2 nitrogen and oxygen atoms in total. The molecule has 0 bridgehead atoms. The number of nitrogens with one attached hydrogen (secondary N) is 1. The molecule has 0 fully saturated rings. The molecule has 1 aromatic carbocycles. The van der Waals surface area contributed by atoms with Gasteiger partial charge in [-0.2, -0.15) is 0 Å². The van der Waals surface area contributed by atoms with Gasteiger partial charge in [-0.3, -0.25) is 0 Å². The highest BCUT2D eigenvalue weighted by Gasteiger charge is 2.03. The Morgan fingerprint density at radius 2 is 2.20 bits per heavy atom. The van der Waals surface area contributed by atoms with E-state index in [0.717, 1.165) is 7.41 Å². The van der Waals surface area contributed by atoms with Gasteiger partial charge < -0.3 is 5.34 Å². The molecule has 0 saturated carbocycles. The van der Waals surface area contributed by atoms with E-state index >= 15 is 0 Å². The fourth-order valence-electron chi connectivity index (χ4n) is 1.07. The molecular formula is C7H7BN2. The Bertz CT molecular complexity index is 270. The molecule has 1 aliphatic heterocycles. The van der Waals surface area contributed by atoms with E-state index in [1.54, 1.807) is 0 Å². The number of rotatable bonds is 0. The molecule has 0 aliphatic carbocycles. The van der Waals surface area contributed by atoms with Gasteiger partial charge in [0.05, 0.1) is 6.21 Å². The second-order valence-corrected chi connectivity index (χ2v) is 2.29. The maximum absolute atomic E-state index is 3.94. The van der Waals surface area contributed by atoms with E-state index in [1.165, 1.54) is 11.0 Å². The minimum atomic E-state index is 0.854. The third-order valence-corrected chi connectivity index (χ3v) is 1.62. The van der Waals surface area contributed by atoms with Crippen molar-refractivity contribution >= 4 is 19.1 Å².